The summed E-state index contributed by atoms with van der Waals surface area (Å²) in [5, 5.41) is 12.0. The average Bonchev–Trinajstić information content (AvgIpc) is 3.32. The van der Waals surface area contributed by atoms with E-state index in [4.69, 9.17) is 4.74 Å². The van der Waals surface area contributed by atoms with Gasteiger partial charge in [-0.15, -0.1) is 0 Å². The lowest BCUT2D eigenvalue weighted by Gasteiger charge is -2.40. The fraction of sp³-hybridized carbons (Fsp3) is 0.146. The van der Waals surface area contributed by atoms with Crippen molar-refractivity contribution < 1.29 is 4.74 Å². The van der Waals surface area contributed by atoms with Crippen LogP contribution in [0.2, 0.25) is 0 Å². The highest BCUT2D eigenvalue weighted by atomic mass is 32.2. The molecule has 0 saturated heterocycles. The smallest absolute Gasteiger partial charge is 0.174 e. The van der Waals surface area contributed by atoms with Crippen LogP contribution in [-0.4, -0.2) is 0 Å². The molecule has 3 aliphatic rings. The molecule has 44 heavy (non-hydrogen) atoms. The molecule has 0 fully saturated rings. The first kappa shape index (κ1) is 26.8. The van der Waals surface area contributed by atoms with Crippen LogP contribution in [0.4, 0.5) is 0 Å². The van der Waals surface area contributed by atoms with Gasteiger partial charge in [-0.05, 0) is 88.5 Å². The van der Waals surface area contributed by atoms with Crippen LogP contribution in [0.3, 0.4) is 0 Å². The predicted octanol–water partition coefficient (Wildman–Crippen LogP) is 10.7. The zero-order chi connectivity index (χ0) is 29.9. The fourth-order valence-corrected chi connectivity index (χ4v) is 8.16. The van der Waals surface area contributed by atoms with Gasteiger partial charge >= 0.3 is 0 Å². The van der Waals surface area contributed by atoms with Crippen molar-refractivity contribution in [3.05, 3.63) is 155 Å². The van der Waals surface area contributed by atoms with E-state index in [2.05, 4.69) is 141 Å². The van der Waals surface area contributed by atoms with Gasteiger partial charge in [-0.25, -0.2) is 0 Å². The number of hydrogen-bond acceptors (Lipinski definition) is 3. The van der Waals surface area contributed by atoms with Crippen molar-refractivity contribution in [3.8, 4) is 22.9 Å². The lowest BCUT2D eigenvalue weighted by atomic mass is 9.75. The minimum Gasteiger partial charge on any atom is -0.473 e. The molecule has 5 aromatic rings. The Bertz CT molecular complexity index is 2090. The molecular formula is C41H31NOS. The number of ether oxygens (including phenoxy) is 1. The van der Waals surface area contributed by atoms with Crippen LogP contribution in [0, 0.1) is 11.3 Å². The Balaban J connectivity index is 1.32. The highest BCUT2D eigenvalue weighted by Crippen LogP contribution is 2.58. The second-order valence-electron chi connectivity index (χ2n) is 12.3. The van der Waals surface area contributed by atoms with Crippen molar-refractivity contribution in [1.82, 2.24) is 0 Å². The third kappa shape index (κ3) is 4.02. The Morgan fingerprint density at radius 3 is 2.34 bits per heavy atom. The largest absolute Gasteiger partial charge is 0.473 e. The third-order valence-corrected chi connectivity index (χ3v) is 10.4. The number of nitrogens with zero attached hydrogens (tertiary/aromatic N) is 1. The summed E-state index contributed by atoms with van der Waals surface area (Å²) in [6, 6.07) is 36.5. The lowest BCUT2D eigenvalue weighted by molar-refractivity contribution is 0.154. The zero-order valence-electron chi connectivity index (χ0n) is 24.8. The maximum atomic E-state index is 9.71. The molecule has 0 N–H and O–H groups in total. The minimum absolute atomic E-state index is 0.289. The van der Waals surface area contributed by atoms with Crippen LogP contribution in [0.5, 0.6) is 5.75 Å². The van der Waals surface area contributed by atoms with E-state index in [1.54, 1.807) is 11.8 Å². The molecule has 212 valence electrons. The molecule has 2 aliphatic carbocycles. The normalized spacial score (nSPS) is 19.0. The summed E-state index contributed by atoms with van der Waals surface area (Å²) in [5.74, 6) is 0.932. The summed E-state index contributed by atoms with van der Waals surface area (Å²) in [7, 11) is 0. The van der Waals surface area contributed by atoms with E-state index in [1.807, 2.05) is 6.07 Å². The Hall–Kier alpha value is -4.78. The fourth-order valence-electron chi connectivity index (χ4n) is 7.32. The minimum atomic E-state index is -0.714. The molecule has 1 aliphatic heterocycles. The zero-order valence-corrected chi connectivity index (χ0v) is 25.6. The van der Waals surface area contributed by atoms with Crippen molar-refractivity contribution in [2.24, 2.45) is 0 Å². The number of rotatable bonds is 4. The van der Waals surface area contributed by atoms with Crippen molar-refractivity contribution in [1.29, 1.82) is 5.26 Å². The van der Waals surface area contributed by atoms with Crippen LogP contribution in [0.15, 0.2) is 137 Å². The van der Waals surface area contributed by atoms with Crippen molar-refractivity contribution in [3.63, 3.8) is 0 Å². The van der Waals surface area contributed by atoms with Gasteiger partial charge in [0.25, 0.3) is 0 Å². The molecule has 1 unspecified atom stereocenters. The Labute approximate surface area is 263 Å². The monoisotopic (exact) mass is 585 g/mol. The highest BCUT2D eigenvalue weighted by Gasteiger charge is 2.44. The van der Waals surface area contributed by atoms with Gasteiger partial charge < -0.3 is 4.74 Å². The Kier molecular flexibility index (Phi) is 6.19. The SMILES string of the molecule is CC1(C)c2cc(C#N)ccc2-c2c1c1c(c3ccccc23)OC(C2=CC=CCC2)(c2ccc(Sc3ccccc3)cc2)C=C1. The van der Waals surface area contributed by atoms with Crippen molar-refractivity contribution in [2.75, 3.05) is 0 Å². The van der Waals surface area contributed by atoms with E-state index in [0.717, 1.165) is 35.1 Å². The molecule has 1 atom stereocenters. The number of fused-ring (bicyclic) bond motifs is 8. The summed E-state index contributed by atoms with van der Waals surface area (Å²) in [4.78, 5) is 2.43. The molecule has 0 spiro atoms. The topological polar surface area (TPSA) is 33.0 Å². The van der Waals surface area contributed by atoms with E-state index in [9.17, 15) is 5.26 Å². The molecular weight excluding hydrogens is 555 g/mol. The van der Waals surface area contributed by atoms with Crippen LogP contribution < -0.4 is 4.74 Å². The number of benzene rings is 5. The van der Waals surface area contributed by atoms with Gasteiger partial charge in [-0.1, -0.05) is 111 Å². The standard InChI is InChI=1S/C41H31NOS/c1-40(2)36-25-27(26-42)17-22-34(36)37-32-15-9-10-16-33(32)39-35(38(37)40)23-24-41(43-39,28-11-5-3-6-12-28)29-18-20-31(21-19-29)44-30-13-7-4-8-14-30/h3-5,7-11,13-25H,6,12H2,1-2H3. The molecule has 5 aromatic carbocycles. The molecule has 8 rings (SSSR count). The van der Waals surface area contributed by atoms with Crippen LogP contribution in [0.1, 0.15) is 54.5 Å². The predicted molar refractivity (Wildman–Crippen MR) is 181 cm³/mol. The van der Waals surface area contributed by atoms with Crippen LogP contribution in [-0.2, 0) is 11.0 Å². The second-order valence-corrected chi connectivity index (χ2v) is 13.5. The summed E-state index contributed by atoms with van der Waals surface area (Å²) in [6.45, 7) is 4.56. The van der Waals surface area contributed by atoms with Gasteiger partial charge in [0, 0.05) is 31.7 Å². The third-order valence-electron chi connectivity index (χ3n) is 9.42. The molecule has 0 radical (unpaired) electrons. The maximum absolute atomic E-state index is 9.71. The molecule has 0 bridgehead atoms. The van der Waals surface area contributed by atoms with Gasteiger partial charge in [0.2, 0.25) is 0 Å². The van der Waals surface area contributed by atoms with Crippen molar-refractivity contribution >= 4 is 28.6 Å². The molecule has 1 heterocycles. The molecule has 0 amide bonds. The van der Waals surface area contributed by atoms with Gasteiger partial charge in [0.05, 0.1) is 11.6 Å². The first-order valence-corrected chi connectivity index (χ1v) is 16.0. The number of nitriles is 1. The van der Waals surface area contributed by atoms with Gasteiger partial charge in [-0.3, -0.25) is 0 Å². The van der Waals surface area contributed by atoms with E-state index in [1.165, 1.54) is 43.0 Å². The number of hydrogen-bond donors (Lipinski definition) is 0. The Morgan fingerprint density at radius 1 is 0.841 bits per heavy atom. The first-order chi connectivity index (χ1) is 21.5. The summed E-state index contributed by atoms with van der Waals surface area (Å²) in [5.41, 5.74) is 8.15. The molecule has 0 saturated carbocycles. The number of allylic oxidation sites excluding steroid dienone is 3. The van der Waals surface area contributed by atoms with Gasteiger partial charge in [0.1, 0.15) is 5.75 Å². The highest BCUT2D eigenvalue weighted by molar-refractivity contribution is 7.99. The summed E-state index contributed by atoms with van der Waals surface area (Å²) < 4.78 is 7.43. The molecule has 3 heteroatoms. The molecule has 0 aromatic heterocycles. The second kappa shape index (κ2) is 10.2. The van der Waals surface area contributed by atoms with E-state index >= 15 is 0 Å². The van der Waals surface area contributed by atoms with E-state index in [-0.39, 0.29) is 5.41 Å². The van der Waals surface area contributed by atoms with Crippen LogP contribution >= 0.6 is 11.8 Å². The van der Waals surface area contributed by atoms with E-state index in [0.29, 0.717) is 5.56 Å². The quantitative estimate of drug-likeness (QED) is 0.210. The lowest BCUT2D eigenvalue weighted by Crippen LogP contribution is -2.36. The summed E-state index contributed by atoms with van der Waals surface area (Å²) >= 11 is 1.77. The molecule has 2 nitrogen and oxygen atoms in total. The average molecular weight is 586 g/mol. The van der Waals surface area contributed by atoms with E-state index < -0.39 is 5.60 Å². The summed E-state index contributed by atoms with van der Waals surface area (Å²) in [6.07, 6.45) is 13.2. The first-order valence-electron chi connectivity index (χ1n) is 15.2. The van der Waals surface area contributed by atoms with Gasteiger partial charge in [-0.2, -0.15) is 5.26 Å². The van der Waals surface area contributed by atoms with Crippen molar-refractivity contribution in [2.45, 2.75) is 47.5 Å². The van der Waals surface area contributed by atoms with Crippen LogP contribution in [0.25, 0.3) is 28.0 Å². The Morgan fingerprint density at radius 2 is 1.59 bits per heavy atom. The maximum Gasteiger partial charge on any atom is 0.174 e. The van der Waals surface area contributed by atoms with Gasteiger partial charge in [0.15, 0.2) is 5.60 Å².